The van der Waals surface area contributed by atoms with Crippen molar-refractivity contribution >= 4 is 17.9 Å². The molecule has 3 amide bonds. The predicted molar refractivity (Wildman–Crippen MR) is 63.0 cm³/mol. The number of hydrogen-bond donors (Lipinski definition) is 3. The maximum atomic E-state index is 11.2. The van der Waals surface area contributed by atoms with Gasteiger partial charge in [0.25, 0.3) is 5.91 Å². The van der Waals surface area contributed by atoms with Crippen LogP contribution >= 0.6 is 0 Å². The minimum absolute atomic E-state index is 0.256. The van der Waals surface area contributed by atoms with Crippen LogP contribution in [0, 0.1) is 0 Å². The first-order chi connectivity index (χ1) is 8.97. The molecule has 0 saturated heterocycles. The molecule has 9 heteroatoms. The van der Waals surface area contributed by atoms with E-state index in [0.717, 1.165) is 6.08 Å². The highest BCUT2D eigenvalue weighted by Crippen LogP contribution is 1.87. The summed E-state index contributed by atoms with van der Waals surface area (Å²) >= 11 is 0. The van der Waals surface area contributed by atoms with Gasteiger partial charge in [0.15, 0.2) is 5.82 Å². The first-order valence-corrected chi connectivity index (χ1v) is 5.31. The van der Waals surface area contributed by atoms with Crippen LogP contribution in [0.25, 0.3) is 0 Å². The molecule has 0 atom stereocenters. The fourth-order valence-electron chi connectivity index (χ4n) is 1.13. The van der Waals surface area contributed by atoms with Crippen LogP contribution in [0.5, 0.6) is 0 Å². The van der Waals surface area contributed by atoms with E-state index in [1.54, 1.807) is 7.05 Å². The number of amides is 3. The summed E-state index contributed by atoms with van der Waals surface area (Å²) in [6, 6.07) is -0.712. The molecular formula is C10H13N5O4. The van der Waals surface area contributed by atoms with Crippen LogP contribution in [-0.4, -0.2) is 44.3 Å². The van der Waals surface area contributed by atoms with E-state index in [2.05, 4.69) is 15.4 Å². The SMILES string of the molecule is Cn1cnc(CCNC(=O)NC(=O)/C=C/C(=O)O)n1. The molecule has 9 nitrogen and oxygen atoms in total. The number of aromatic nitrogens is 3. The topological polar surface area (TPSA) is 126 Å². The van der Waals surface area contributed by atoms with Gasteiger partial charge in [0.2, 0.25) is 0 Å². The van der Waals surface area contributed by atoms with Gasteiger partial charge in [-0.2, -0.15) is 5.10 Å². The van der Waals surface area contributed by atoms with Crippen LogP contribution in [0.2, 0.25) is 0 Å². The fourth-order valence-corrected chi connectivity index (χ4v) is 1.13. The third-order valence-electron chi connectivity index (χ3n) is 1.90. The van der Waals surface area contributed by atoms with Gasteiger partial charge in [0, 0.05) is 32.2 Å². The molecule has 0 aliphatic heterocycles. The summed E-state index contributed by atoms with van der Waals surface area (Å²) < 4.78 is 1.54. The normalized spacial score (nSPS) is 10.4. The molecule has 0 aromatic carbocycles. The van der Waals surface area contributed by atoms with Crippen molar-refractivity contribution in [3.05, 3.63) is 24.3 Å². The molecule has 1 heterocycles. The minimum atomic E-state index is -1.27. The Labute approximate surface area is 108 Å². The molecule has 3 N–H and O–H groups in total. The van der Waals surface area contributed by atoms with Crippen molar-refractivity contribution in [2.75, 3.05) is 6.54 Å². The average Bonchev–Trinajstić information content (AvgIpc) is 2.72. The number of hydrogen-bond acceptors (Lipinski definition) is 5. The largest absolute Gasteiger partial charge is 0.478 e. The van der Waals surface area contributed by atoms with E-state index in [1.807, 2.05) is 5.32 Å². The summed E-state index contributed by atoms with van der Waals surface area (Å²) in [6.45, 7) is 0.256. The van der Waals surface area contributed by atoms with E-state index in [9.17, 15) is 14.4 Å². The number of carbonyl (C=O) groups is 3. The molecule has 1 rings (SSSR count). The molecule has 0 radical (unpaired) electrons. The number of nitrogens with zero attached hydrogens (tertiary/aromatic N) is 3. The van der Waals surface area contributed by atoms with E-state index in [0.29, 0.717) is 18.3 Å². The number of rotatable bonds is 5. The smallest absolute Gasteiger partial charge is 0.328 e. The van der Waals surface area contributed by atoms with Crippen molar-refractivity contribution in [3.8, 4) is 0 Å². The van der Waals surface area contributed by atoms with Gasteiger partial charge in [0.05, 0.1) is 0 Å². The van der Waals surface area contributed by atoms with E-state index in [4.69, 9.17) is 5.11 Å². The van der Waals surface area contributed by atoms with Gasteiger partial charge in [0.1, 0.15) is 6.33 Å². The quantitative estimate of drug-likeness (QED) is 0.577. The molecule has 0 saturated carbocycles. The highest BCUT2D eigenvalue weighted by molar-refractivity contribution is 6.02. The molecule has 1 aromatic heterocycles. The predicted octanol–water partition coefficient (Wildman–Crippen LogP) is -1.18. The summed E-state index contributed by atoms with van der Waals surface area (Å²) in [5.41, 5.74) is 0. The lowest BCUT2D eigenvalue weighted by molar-refractivity contribution is -0.131. The summed E-state index contributed by atoms with van der Waals surface area (Å²) in [5, 5.41) is 16.6. The maximum Gasteiger partial charge on any atom is 0.328 e. The Bertz CT molecular complexity index is 508. The maximum absolute atomic E-state index is 11.2. The van der Waals surface area contributed by atoms with E-state index >= 15 is 0 Å². The summed E-state index contributed by atoms with van der Waals surface area (Å²) in [7, 11) is 1.73. The summed E-state index contributed by atoms with van der Waals surface area (Å²) in [6.07, 6.45) is 3.35. The monoisotopic (exact) mass is 267 g/mol. The van der Waals surface area contributed by atoms with E-state index < -0.39 is 17.9 Å². The molecule has 0 aliphatic carbocycles. The van der Waals surface area contributed by atoms with Gasteiger partial charge in [-0.05, 0) is 0 Å². The van der Waals surface area contributed by atoms with Gasteiger partial charge >= 0.3 is 12.0 Å². The Morgan fingerprint density at radius 3 is 2.74 bits per heavy atom. The molecule has 1 aromatic rings. The molecule has 0 fully saturated rings. The average molecular weight is 267 g/mol. The lowest BCUT2D eigenvalue weighted by Gasteiger charge is -2.03. The second-order valence-corrected chi connectivity index (χ2v) is 3.50. The lowest BCUT2D eigenvalue weighted by Crippen LogP contribution is -2.39. The van der Waals surface area contributed by atoms with Crippen molar-refractivity contribution in [1.29, 1.82) is 0 Å². The van der Waals surface area contributed by atoms with Crippen molar-refractivity contribution in [3.63, 3.8) is 0 Å². The van der Waals surface area contributed by atoms with E-state index in [-0.39, 0.29) is 6.54 Å². The second kappa shape index (κ2) is 6.89. The van der Waals surface area contributed by atoms with Gasteiger partial charge in [-0.15, -0.1) is 0 Å². The minimum Gasteiger partial charge on any atom is -0.478 e. The van der Waals surface area contributed by atoms with E-state index in [1.165, 1.54) is 11.0 Å². The van der Waals surface area contributed by atoms with Crippen molar-refractivity contribution < 1.29 is 19.5 Å². The number of nitrogens with one attached hydrogen (secondary N) is 2. The Morgan fingerprint density at radius 2 is 2.16 bits per heavy atom. The van der Waals surface area contributed by atoms with Gasteiger partial charge in [-0.3, -0.25) is 14.8 Å². The van der Waals surface area contributed by atoms with Crippen LogP contribution in [0.15, 0.2) is 18.5 Å². The lowest BCUT2D eigenvalue weighted by atomic mass is 10.4. The zero-order valence-corrected chi connectivity index (χ0v) is 10.2. The Hall–Kier alpha value is -2.71. The third kappa shape index (κ3) is 5.96. The van der Waals surface area contributed by atoms with Crippen molar-refractivity contribution in [2.45, 2.75) is 6.42 Å². The summed E-state index contributed by atoms with van der Waals surface area (Å²) in [5.74, 6) is -1.51. The first-order valence-electron chi connectivity index (χ1n) is 5.31. The Balaban J connectivity index is 2.24. The number of aryl methyl sites for hydroxylation is 1. The van der Waals surface area contributed by atoms with Gasteiger partial charge in [-0.1, -0.05) is 0 Å². The molecule has 19 heavy (non-hydrogen) atoms. The number of aliphatic carboxylic acids is 1. The van der Waals surface area contributed by atoms with Gasteiger partial charge in [-0.25, -0.2) is 14.6 Å². The molecule has 0 spiro atoms. The molecular weight excluding hydrogens is 254 g/mol. The highest BCUT2D eigenvalue weighted by atomic mass is 16.4. The number of carboxylic acids is 1. The standard InChI is InChI=1S/C10H13N5O4/c1-15-6-12-7(14-15)4-5-11-10(19)13-8(16)2-3-9(17)18/h2-3,6H,4-5H2,1H3,(H,17,18)(H2,11,13,16,19)/b3-2+. The van der Waals surface area contributed by atoms with Crippen LogP contribution < -0.4 is 10.6 Å². The molecule has 0 unspecified atom stereocenters. The number of imide groups is 1. The van der Waals surface area contributed by atoms with Crippen LogP contribution in [0.3, 0.4) is 0 Å². The zero-order valence-electron chi connectivity index (χ0n) is 10.2. The number of urea groups is 1. The van der Waals surface area contributed by atoms with Crippen molar-refractivity contribution in [1.82, 2.24) is 25.4 Å². The third-order valence-corrected chi connectivity index (χ3v) is 1.90. The molecule has 0 bridgehead atoms. The van der Waals surface area contributed by atoms with Gasteiger partial charge < -0.3 is 10.4 Å². The first kappa shape index (κ1) is 14.4. The van der Waals surface area contributed by atoms with Crippen LogP contribution in [0.1, 0.15) is 5.82 Å². The highest BCUT2D eigenvalue weighted by Gasteiger charge is 2.05. The van der Waals surface area contributed by atoms with Crippen molar-refractivity contribution in [2.24, 2.45) is 7.05 Å². The summed E-state index contributed by atoms with van der Waals surface area (Å²) in [4.78, 5) is 36.4. The number of carboxylic acid groups (broad SMARTS) is 1. The Morgan fingerprint density at radius 1 is 1.42 bits per heavy atom. The Kier molecular flexibility index (Phi) is 5.20. The molecule has 0 aliphatic rings. The number of carbonyl (C=O) groups excluding carboxylic acids is 2. The fraction of sp³-hybridized carbons (Fsp3) is 0.300. The second-order valence-electron chi connectivity index (χ2n) is 3.50. The van der Waals surface area contributed by atoms with Crippen LogP contribution in [0.4, 0.5) is 4.79 Å². The van der Waals surface area contributed by atoms with Crippen LogP contribution in [-0.2, 0) is 23.1 Å². The zero-order chi connectivity index (χ0) is 14.3. The molecule has 102 valence electrons.